The molecular weight excluding hydrogens is 373 g/mol. The number of ether oxygens (including phenoxy) is 1. The Hall–Kier alpha value is -1.98. The highest BCUT2D eigenvalue weighted by atomic mass is 35.5. The van der Waals surface area contributed by atoms with E-state index in [1.54, 1.807) is 7.11 Å². The highest BCUT2D eigenvalue weighted by Gasteiger charge is 2.10. The van der Waals surface area contributed by atoms with Gasteiger partial charge in [0, 0.05) is 12.1 Å². The normalized spacial score (nSPS) is 11.7. The van der Waals surface area contributed by atoms with Gasteiger partial charge in [-0.1, -0.05) is 41.9 Å². The lowest BCUT2D eigenvalue weighted by atomic mass is 10.1. The number of nitrogens with one attached hydrogen (secondary N) is 1. The molecule has 26 heavy (non-hydrogen) atoms. The third-order valence-electron chi connectivity index (χ3n) is 3.92. The summed E-state index contributed by atoms with van der Waals surface area (Å²) in [6, 6.07) is 18.9. The van der Waals surface area contributed by atoms with E-state index < -0.39 is 6.10 Å². The molecule has 0 spiro atoms. The number of halogens is 2. The van der Waals surface area contributed by atoms with Crippen molar-refractivity contribution >= 4 is 11.6 Å². The molecule has 3 rings (SSSR count). The average molecular weight is 393 g/mol. The van der Waals surface area contributed by atoms with Gasteiger partial charge in [-0.05, 0) is 35.9 Å². The van der Waals surface area contributed by atoms with Gasteiger partial charge in [0.25, 0.3) is 0 Å². The quantitative estimate of drug-likeness (QED) is 0.638. The van der Waals surface area contributed by atoms with Gasteiger partial charge in [-0.2, -0.15) is 0 Å². The fourth-order valence-corrected chi connectivity index (χ4v) is 2.83. The minimum Gasteiger partial charge on any atom is -1.00 e. The van der Waals surface area contributed by atoms with Crippen molar-refractivity contribution in [3.05, 3.63) is 77.0 Å². The Labute approximate surface area is 164 Å². The van der Waals surface area contributed by atoms with E-state index in [1.165, 1.54) is 0 Å². The molecule has 3 aromatic rings. The SMILES string of the molecule is COc1ccc(-c2ccc(CNCC(O)c3ccccc3)o2)cc1Cl.[Cl-]. The number of benzene rings is 2. The lowest BCUT2D eigenvalue weighted by Gasteiger charge is -2.11. The molecule has 0 saturated carbocycles. The minimum absolute atomic E-state index is 0. The molecule has 4 nitrogen and oxygen atoms in total. The van der Waals surface area contributed by atoms with E-state index in [9.17, 15) is 5.11 Å². The summed E-state index contributed by atoms with van der Waals surface area (Å²) in [4.78, 5) is 0. The maximum Gasteiger partial charge on any atom is 0.137 e. The summed E-state index contributed by atoms with van der Waals surface area (Å²) < 4.78 is 11.0. The van der Waals surface area contributed by atoms with Crippen LogP contribution in [0.3, 0.4) is 0 Å². The van der Waals surface area contributed by atoms with Gasteiger partial charge in [0.1, 0.15) is 17.3 Å². The van der Waals surface area contributed by atoms with Crippen molar-refractivity contribution in [2.75, 3.05) is 13.7 Å². The number of aliphatic hydroxyl groups excluding tert-OH is 1. The van der Waals surface area contributed by atoms with Gasteiger partial charge >= 0.3 is 0 Å². The van der Waals surface area contributed by atoms with Crippen molar-refractivity contribution in [2.24, 2.45) is 0 Å². The van der Waals surface area contributed by atoms with Crippen molar-refractivity contribution in [1.82, 2.24) is 5.32 Å². The van der Waals surface area contributed by atoms with E-state index in [4.69, 9.17) is 20.8 Å². The van der Waals surface area contributed by atoms with Crippen molar-refractivity contribution in [3.63, 3.8) is 0 Å². The number of aliphatic hydroxyl groups is 1. The van der Waals surface area contributed by atoms with Gasteiger partial charge in [-0.15, -0.1) is 0 Å². The second kappa shape index (κ2) is 9.64. The van der Waals surface area contributed by atoms with Crippen molar-refractivity contribution in [2.45, 2.75) is 12.6 Å². The maximum absolute atomic E-state index is 10.1. The molecule has 2 N–H and O–H groups in total. The smallest absolute Gasteiger partial charge is 0.137 e. The van der Waals surface area contributed by atoms with Crippen LogP contribution >= 0.6 is 11.6 Å². The van der Waals surface area contributed by atoms with Crippen LogP contribution in [0, 0.1) is 0 Å². The zero-order valence-corrected chi connectivity index (χ0v) is 15.8. The van der Waals surface area contributed by atoms with E-state index in [-0.39, 0.29) is 12.4 Å². The van der Waals surface area contributed by atoms with E-state index in [0.717, 1.165) is 22.6 Å². The van der Waals surface area contributed by atoms with Gasteiger partial charge < -0.3 is 32.0 Å². The van der Waals surface area contributed by atoms with Gasteiger partial charge in [0.2, 0.25) is 0 Å². The highest BCUT2D eigenvalue weighted by Crippen LogP contribution is 2.31. The van der Waals surface area contributed by atoms with Gasteiger partial charge in [-0.25, -0.2) is 0 Å². The molecule has 1 aromatic heterocycles. The van der Waals surface area contributed by atoms with E-state index in [1.807, 2.05) is 60.7 Å². The molecule has 0 aliphatic rings. The first-order chi connectivity index (χ1) is 12.2. The van der Waals surface area contributed by atoms with Gasteiger partial charge in [-0.3, -0.25) is 0 Å². The molecule has 138 valence electrons. The zero-order chi connectivity index (χ0) is 17.6. The summed E-state index contributed by atoms with van der Waals surface area (Å²) >= 11 is 6.16. The van der Waals surface area contributed by atoms with E-state index in [2.05, 4.69) is 5.32 Å². The van der Waals surface area contributed by atoms with Gasteiger partial charge in [0.05, 0.1) is 24.8 Å². The molecule has 0 aliphatic carbocycles. The van der Waals surface area contributed by atoms with Crippen LogP contribution < -0.4 is 22.5 Å². The lowest BCUT2D eigenvalue weighted by molar-refractivity contribution is -0.00000754. The number of rotatable bonds is 7. The first kappa shape index (κ1) is 20.3. The minimum atomic E-state index is -0.545. The van der Waals surface area contributed by atoms with Crippen molar-refractivity contribution in [1.29, 1.82) is 0 Å². The van der Waals surface area contributed by atoms with Crippen molar-refractivity contribution < 1.29 is 26.7 Å². The van der Waals surface area contributed by atoms with Crippen LogP contribution in [0.5, 0.6) is 5.75 Å². The molecule has 1 atom stereocenters. The first-order valence-corrected chi connectivity index (χ1v) is 8.41. The second-order valence-corrected chi connectivity index (χ2v) is 6.08. The molecule has 0 amide bonds. The molecule has 0 radical (unpaired) electrons. The molecule has 2 aromatic carbocycles. The first-order valence-electron chi connectivity index (χ1n) is 8.03. The van der Waals surface area contributed by atoms with E-state index >= 15 is 0 Å². The molecule has 1 unspecified atom stereocenters. The van der Waals surface area contributed by atoms with E-state index in [0.29, 0.717) is 23.9 Å². The Morgan fingerprint density at radius 2 is 1.88 bits per heavy atom. The summed E-state index contributed by atoms with van der Waals surface area (Å²) in [6.07, 6.45) is -0.545. The standard InChI is InChI=1S/C20H20ClNO3.ClH/c1-24-20-9-7-15(11-17(20)21)19-10-8-16(25-19)12-22-13-18(23)14-5-3-2-4-6-14;/h2-11,18,22-23H,12-13H2,1H3;1H/p-1. The van der Waals surface area contributed by atoms with Crippen LogP contribution in [0.15, 0.2) is 65.1 Å². The Morgan fingerprint density at radius 1 is 1.12 bits per heavy atom. The number of hydrogen-bond donors (Lipinski definition) is 2. The van der Waals surface area contributed by atoms with Crippen molar-refractivity contribution in [3.8, 4) is 17.1 Å². The number of furan rings is 1. The molecule has 0 bridgehead atoms. The Bertz CT molecular complexity index is 821. The van der Waals surface area contributed by atoms with Gasteiger partial charge in [0.15, 0.2) is 0 Å². The molecule has 0 aliphatic heterocycles. The number of hydrogen-bond acceptors (Lipinski definition) is 4. The van der Waals surface area contributed by atoms with Crippen LogP contribution in [-0.2, 0) is 6.54 Å². The summed E-state index contributed by atoms with van der Waals surface area (Å²) in [5, 5.41) is 13.9. The summed E-state index contributed by atoms with van der Waals surface area (Å²) in [7, 11) is 1.58. The summed E-state index contributed by atoms with van der Waals surface area (Å²) in [5.74, 6) is 2.17. The molecule has 0 saturated heterocycles. The fourth-order valence-electron chi connectivity index (χ4n) is 2.57. The van der Waals surface area contributed by atoms with Crippen LogP contribution in [0.2, 0.25) is 5.02 Å². The van der Waals surface area contributed by atoms with Crippen LogP contribution in [0.1, 0.15) is 17.4 Å². The Balaban J connectivity index is 0.00000243. The predicted molar refractivity (Wildman–Crippen MR) is 98.8 cm³/mol. The molecular formula is C20H20Cl2NO3-. The Kier molecular flexibility index (Phi) is 7.54. The Morgan fingerprint density at radius 3 is 2.58 bits per heavy atom. The van der Waals surface area contributed by atoms with Crippen LogP contribution in [0.25, 0.3) is 11.3 Å². The average Bonchev–Trinajstić information content (AvgIpc) is 3.11. The fraction of sp³-hybridized carbons (Fsp3) is 0.200. The summed E-state index contributed by atoms with van der Waals surface area (Å²) in [5.41, 5.74) is 1.78. The third kappa shape index (κ3) is 5.02. The second-order valence-electron chi connectivity index (χ2n) is 5.67. The highest BCUT2D eigenvalue weighted by molar-refractivity contribution is 6.32. The third-order valence-corrected chi connectivity index (χ3v) is 4.21. The molecule has 1 heterocycles. The maximum atomic E-state index is 10.1. The van der Waals surface area contributed by atoms with Crippen LogP contribution in [-0.4, -0.2) is 18.8 Å². The van der Waals surface area contributed by atoms with Crippen LogP contribution in [0.4, 0.5) is 0 Å². The monoisotopic (exact) mass is 392 g/mol. The zero-order valence-electron chi connectivity index (χ0n) is 14.3. The number of methoxy groups -OCH3 is 1. The predicted octanol–water partition coefficient (Wildman–Crippen LogP) is 1.44. The lowest BCUT2D eigenvalue weighted by Crippen LogP contribution is -3.00. The molecule has 6 heteroatoms. The summed E-state index contributed by atoms with van der Waals surface area (Å²) in [6.45, 7) is 0.988. The topological polar surface area (TPSA) is 54.6 Å². The molecule has 0 fully saturated rings. The largest absolute Gasteiger partial charge is 1.00 e.